The van der Waals surface area contributed by atoms with Gasteiger partial charge in [-0.3, -0.25) is 0 Å². The normalized spacial score (nSPS) is 24.3. The molecule has 2 atom stereocenters. The summed E-state index contributed by atoms with van der Waals surface area (Å²) >= 11 is 7.62. The van der Waals surface area contributed by atoms with E-state index in [1.54, 1.807) is 24.9 Å². The first kappa shape index (κ1) is 15.8. The Hall–Kier alpha value is -1.69. The van der Waals surface area contributed by atoms with Crippen molar-refractivity contribution in [1.29, 1.82) is 0 Å². The molecule has 0 saturated carbocycles. The molecule has 4 rings (SSSR count). The lowest BCUT2D eigenvalue weighted by Crippen LogP contribution is -2.27. The van der Waals surface area contributed by atoms with Crippen LogP contribution in [-0.2, 0) is 12.1 Å². The van der Waals surface area contributed by atoms with Gasteiger partial charge in [0.1, 0.15) is 23.1 Å². The summed E-state index contributed by atoms with van der Waals surface area (Å²) in [5.74, 6) is 1.53. The minimum Gasteiger partial charge on any atom is -0.497 e. The summed E-state index contributed by atoms with van der Waals surface area (Å²) in [6.07, 6.45) is 0.757. The summed E-state index contributed by atoms with van der Waals surface area (Å²) in [6, 6.07) is 13.0. The Bertz CT molecular complexity index is 808. The zero-order chi connectivity index (χ0) is 16.7. The van der Waals surface area contributed by atoms with Crippen LogP contribution in [0.3, 0.4) is 0 Å². The summed E-state index contributed by atoms with van der Waals surface area (Å²) in [7, 11) is 1.63. The van der Waals surface area contributed by atoms with Gasteiger partial charge >= 0.3 is 0 Å². The van der Waals surface area contributed by atoms with E-state index in [0.29, 0.717) is 11.6 Å². The molecule has 0 bridgehead atoms. The van der Waals surface area contributed by atoms with Gasteiger partial charge < -0.3 is 14.6 Å². The van der Waals surface area contributed by atoms with Gasteiger partial charge in [0.15, 0.2) is 5.72 Å². The minimum absolute atomic E-state index is 0.0135. The molecule has 0 saturated heterocycles. The molecular weight excluding hydrogens is 346 g/mol. The number of benzene rings is 2. The Kier molecular flexibility index (Phi) is 3.95. The third-order valence-corrected chi connectivity index (χ3v) is 5.81. The molecule has 0 radical (unpaired) electrons. The van der Waals surface area contributed by atoms with E-state index in [0.717, 1.165) is 34.1 Å². The van der Waals surface area contributed by atoms with E-state index in [9.17, 15) is 5.11 Å². The van der Waals surface area contributed by atoms with Crippen LogP contribution in [-0.4, -0.2) is 29.1 Å². The van der Waals surface area contributed by atoms with E-state index in [2.05, 4.69) is 4.99 Å². The highest BCUT2D eigenvalue weighted by Crippen LogP contribution is 2.49. The van der Waals surface area contributed by atoms with Crippen molar-refractivity contribution in [2.24, 2.45) is 4.99 Å². The molecule has 2 aromatic rings. The molecule has 24 heavy (non-hydrogen) atoms. The van der Waals surface area contributed by atoms with E-state index < -0.39 is 5.72 Å². The maximum Gasteiger partial charge on any atom is 0.196 e. The van der Waals surface area contributed by atoms with Crippen LogP contribution in [0.25, 0.3) is 0 Å². The zero-order valence-corrected chi connectivity index (χ0v) is 14.6. The number of fused-ring (bicyclic) bond motifs is 3. The van der Waals surface area contributed by atoms with Crippen molar-refractivity contribution in [2.45, 2.75) is 17.4 Å². The highest BCUT2D eigenvalue weighted by atomic mass is 35.5. The maximum atomic E-state index is 11.0. The van der Waals surface area contributed by atoms with Crippen molar-refractivity contribution in [1.82, 2.24) is 0 Å². The molecule has 2 aromatic carbocycles. The fraction of sp³-hybridized carbons (Fsp3) is 0.278. The van der Waals surface area contributed by atoms with Crippen molar-refractivity contribution in [2.75, 3.05) is 13.7 Å². The number of aliphatic hydroxyl groups is 1. The highest BCUT2D eigenvalue weighted by molar-refractivity contribution is 8.14. The van der Waals surface area contributed by atoms with Gasteiger partial charge in [-0.1, -0.05) is 29.4 Å². The van der Waals surface area contributed by atoms with Gasteiger partial charge in [-0.2, -0.15) is 0 Å². The number of hydrogen-bond donors (Lipinski definition) is 1. The van der Waals surface area contributed by atoms with Gasteiger partial charge in [-0.25, -0.2) is 4.99 Å². The Morgan fingerprint density at radius 2 is 2.00 bits per heavy atom. The second kappa shape index (κ2) is 5.99. The predicted molar refractivity (Wildman–Crippen MR) is 96.4 cm³/mol. The van der Waals surface area contributed by atoms with Crippen molar-refractivity contribution in [3.05, 3.63) is 58.6 Å². The van der Waals surface area contributed by atoms with Gasteiger partial charge in [-0.15, -0.1) is 0 Å². The SMILES string of the molecule is COc1ccc(OCC2=NC3(O)c4ccc(Cl)cc4CC3S2)cc1. The van der Waals surface area contributed by atoms with Gasteiger partial charge in [0.05, 0.1) is 12.4 Å². The molecule has 0 fully saturated rings. The summed E-state index contributed by atoms with van der Waals surface area (Å²) in [5.41, 5.74) is 0.758. The smallest absolute Gasteiger partial charge is 0.196 e. The number of hydrogen-bond acceptors (Lipinski definition) is 5. The standard InChI is InChI=1S/C18H16ClNO3S/c1-22-13-3-5-14(6-4-13)23-10-17-20-18(21)15-7-2-12(19)8-11(15)9-16(18)24-17/h2-8,16,21H,9-10H2,1H3. The van der Waals surface area contributed by atoms with E-state index in [1.165, 1.54) is 0 Å². The van der Waals surface area contributed by atoms with Crippen molar-refractivity contribution in [3.63, 3.8) is 0 Å². The lowest BCUT2D eigenvalue weighted by atomic mass is 10.1. The molecule has 2 unspecified atom stereocenters. The zero-order valence-electron chi connectivity index (χ0n) is 13.0. The van der Waals surface area contributed by atoms with Crippen LogP contribution >= 0.6 is 23.4 Å². The summed E-state index contributed by atoms with van der Waals surface area (Å²) < 4.78 is 10.9. The molecule has 0 spiro atoms. The molecular formula is C18H16ClNO3S. The molecule has 1 aliphatic heterocycles. The van der Waals surface area contributed by atoms with Crippen LogP contribution in [0.15, 0.2) is 47.5 Å². The summed E-state index contributed by atoms with van der Waals surface area (Å²) in [6.45, 7) is 0.346. The number of rotatable bonds is 4. The van der Waals surface area contributed by atoms with Crippen molar-refractivity contribution < 1.29 is 14.6 Å². The molecule has 1 aliphatic carbocycles. The lowest BCUT2D eigenvalue weighted by molar-refractivity contribution is 0.0577. The average Bonchev–Trinajstić information content (AvgIpc) is 3.02. The van der Waals surface area contributed by atoms with Crippen molar-refractivity contribution in [3.8, 4) is 11.5 Å². The number of nitrogens with zero attached hydrogens (tertiary/aromatic N) is 1. The van der Waals surface area contributed by atoms with Crippen LogP contribution in [0, 0.1) is 0 Å². The summed E-state index contributed by atoms with van der Waals surface area (Å²) in [5, 5.41) is 12.5. The van der Waals surface area contributed by atoms with Crippen LogP contribution in [0.4, 0.5) is 0 Å². The molecule has 2 aliphatic rings. The predicted octanol–water partition coefficient (Wildman–Crippen LogP) is 3.64. The van der Waals surface area contributed by atoms with Crippen LogP contribution in [0.2, 0.25) is 5.02 Å². The quantitative estimate of drug-likeness (QED) is 0.903. The molecule has 4 nitrogen and oxygen atoms in total. The summed E-state index contributed by atoms with van der Waals surface area (Å²) in [4.78, 5) is 4.54. The first-order valence-electron chi connectivity index (χ1n) is 7.62. The number of ether oxygens (including phenoxy) is 2. The average molecular weight is 362 g/mol. The highest BCUT2D eigenvalue weighted by Gasteiger charge is 2.50. The van der Waals surface area contributed by atoms with Gasteiger partial charge in [0, 0.05) is 10.6 Å². The largest absolute Gasteiger partial charge is 0.497 e. The molecule has 0 amide bonds. The first-order chi connectivity index (χ1) is 11.6. The second-order valence-corrected chi connectivity index (χ2v) is 7.52. The Labute approximate surface area is 149 Å². The third kappa shape index (κ3) is 2.66. The molecule has 0 aromatic heterocycles. The number of methoxy groups -OCH3 is 1. The molecule has 1 N–H and O–H groups in total. The van der Waals surface area contributed by atoms with Crippen LogP contribution in [0.1, 0.15) is 11.1 Å². The van der Waals surface area contributed by atoms with Crippen LogP contribution in [0.5, 0.6) is 11.5 Å². The molecule has 1 heterocycles. The maximum absolute atomic E-state index is 11.0. The molecule has 6 heteroatoms. The number of thioether (sulfide) groups is 1. The monoisotopic (exact) mass is 361 g/mol. The topological polar surface area (TPSA) is 51.0 Å². The van der Waals surface area contributed by atoms with Crippen LogP contribution < -0.4 is 9.47 Å². The van der Waals surface area contributed by atoms with E-state index in [-0.39, 0.29) is 5.25 Å². The third-order valence-electron chi connectivity index (χ3n) is 4.31. The second-order valence-electron chi connectivity index (χ2n) is 5.81. The fourth-order valence-electron chi connectivity index (χ4n) is 3.13. The number of aliphatic imine (C=N–C) groups is 1. The van der Waals surface area contributed by atoms with Gasteiger partial charge in [0.25, 0.3) is 0 Å². The lowest BCUT2D eigenvalue weighted by Gasteiger charge is -2.19. The molecule has 124 valence electrons. The van der Waals surface area contributed by atoms with Crippen molar-refractivity contribution >= 4 is 28.4 Å². The Morgan fingerprint density at radius 1 is 1.25 bits per heavy atom. The fourth-order valence-corrected chi connectivity index (χ4v) is 4.57. The minimum atomic E-state index is -1.16. The van der Waals surface area contributed by atoms with E-state index in [1.807, 2.05) is 36.4 Å². The Morgan fingerprint density at radius 3 is 2.75 bits per heavy atom. The first-order valence-corrected chi connectivity index (χ1v) is 8.88. The van der Waals surface area contributed by atoms with E-state index >= 15 is 0 Å². The van der Waals surface area contributed by atoms with E-state index in [4.69, 9.17) is 21.1 Å². The Balaban J connectivity index is 1.49. The van der Waals surface area contributed by atoms with Gasteiger partial charge in [-0.05, 0) is 48.4 Å². The number of halogens is 1. The van der Waals surface area contributed by atoms with Gasteiger partial charge in [0.2, 0.25) is 0 Å².